The van der Waals surface area contributed by atoms with E-state index in [0.29, 0.717) is 0 Å². The molecule has 0 spiro atoms. The molecule has 0 aliphatic rings. The van der Waals surface area contributed by atoms with Gasteiger partial charge in [0.1, 0.15) is 0 Å². The molecule has 11 heavy (non-hydrogen) atoms. The number of ketones is 1. The van der Waals surface area contributed by atoms with Crippen LogP contribution in [0.1, 0.15) is 13.8 Å². The minimum Gasteiger partial charge on any atom is -0.467 e. The van der Waals surface area contributed by atoms with Gasteiger partial charge in [0.15, 0.2) is 5.78 Å². The third-order valence-electron chi connectivity index (χ3n) is 1.23. The van der Waals surface area contributed by atoms with E-state index in [-0.39, 0.29) is 0 Å². The summed E-state index contributed by atoms with van der Waals surface area (Å²) in [4.78, 5) is 21.2. The lowest BCUT2D eigenvalue weighted by Crippen LogP contribution is -2.30. The molecule has 0 heterocycles. The molecule has 0 fully saturated rings. The fourth-order valence-electron chi connectivity index (χ4n) is 0.512. The maximum absolute atomic E-state index is 12.6. The molecule has 0 rings (SSSR count). The van der Waals surface area contributed by atoms with E-state index in [1.54, 1.807) is 0 Å². The number of esters is 1. The molecule has 4 heteroatoms. The Morgan fingerprint density at radius 1 is 1.36 bits per heavy atom. The van der Waals surface area contributed by atoms with E-state index in [1.807, 2.05) is 0 Å². The number of halogens is 1. The van der Waals surface area contributed by atoms with Gasteiger partial charge in [0.25, 0.3) is 6.17 Å². The summed E-state index contributed by atoms with van der Waals surface area (Å²) in [7, 11) is 1.04. The van der Waals surface area contributed by atoms with Gasteiger partial charge in [0.05, 0.1) is 7.11 Å². The number of methoxy groups -OCH3 is 1. The maximum Gasteiger partial charge on any atom is 0.348 e. The third-order valence-corrected chi connectivity index (χ3v) is 1.23. The minimum absolute atomic E-state index is 0.482. The van der Waals surface area contributed by atoms with Gasteiger partial charge in [-0.05, 0) is 0 Å². The average Bonchev–Trinajstić information content (AvgIpc) is 2.00. The lowest BCUT2D eigenvalue weighted by Gasteiger charge is -2.06. The predicted molar refractivity (Wildman–Crippen MR) is 36.8 cm³/mol. The number of rotatable bonds is 3. The fourth-order valence-corrected chi connectivity index (χ4v) is 0.512. The van der Waals surface area contributed by atoms with Gasteiger partial charge in [-0.1, -0.05) is 13.8 Å². The van der Waals surface area contributed by atoms with Crippen molar-refractivity contribution in [3.8, 4) is 0 Å². The molecule has 0 saturated heterocycles. The van der Waals surface area contributed by atoms with Crippen LogP contribution in [0.2, 0.25) is 0 Å². The zero-order valence-corrected chi connectivity index (χ0v) is 6.76. The summed E-state index contributed by atoms with van der Waals surface area (Å²) >= 11 is 0. The van der Waals surface area contributed by atoms with E-state index in [0.717, 1.165) is 7.11 Å². The molecule has 0 saturated carbocycles. The first kappa shape index (κ1) is 10.1. The Kier molecular flexibility index (Phi) is 3.71. The zero-order chi connectivity index (χ0) is 9.02. The molecule has 0 aliphatic heterocycles. The zero-order valence-electron chi connectivity index (χ0n) is 6.76. The standard InChI is InChI=1S/C7H11FO3/c1-4(2)6(9)5(8)7(10)11-3/h4-5H,1-3H3. The number of Topliss-reactive ketones (excluding diaryl/α,β-unsaturated/α-hetero) is 1. The second-order valence-electron chi connectivity index (χ2n) is 2.44. The summed E-state index contributed by atoms with van der Waals surface area (Å²) in [5, 5.41) is 0. The molecule has 0 radical (unpaired) electrons. The van der Waals surface area contributed by atoms with Gasteiger partial charge < -0.3 is 4.74 Å². The van der Waals surface area contributed by atoms with Crippen LogP contribution in [0.4, 0.5) is 4.39 Å². The molecule has 64 valence electrons. The Hall–Kier alpha value is -0.930. The van der Waals surface area contributed by atoms with Gasteiger partial charge in [-0.15, -0.1) is 0 Å². The highest BCUT2D eigenvalue weighted by Gasteiger charge is 2.28. The quantitative estimate of drug-likeness (QED) is 0.453. The highest BCUT2D eigenvalue weighted by molar-refractivity contribution is 6.02. The Morgan fingerprint density at radius 3 is 2.09 bits per heavy atom. The van der Waals surface area contributed by atoms with Crippen LogP contribution in [0, 0.1) is 5.92 Å². The van der Waals surface area contributed by atoms with Gasteiger partial charge in [0, 0.05) is 5.92 Å². The number of hydrogen-bond donors (Lipinski definition) is 0. The van der Waals surface area contributed by atoms with Crippen LogP contribution in [0.3, 0.4) is 0 Å². The largest absolute Gasteiger partial charge is 0.467 e. The van der Waals surface area contributed by atoms with E-state index >= 15 is 0 Å². The molecular weight excluding hydrogens is 151 g/mol. The number of hydrogen-bond acceptors (Lipinski definition) is 3. The second-order valence-corrected chi connectivity index (χ2v) is 2.44. The summed E-state index contributed by atoms with van der Waals surface area (Å²) in [6, 6.07) is 0. The highest BCUT2D eigenvalue weighted by atomic mass is 19.1. The highest BCUT2D eigenvalue weighted by Crippen LogP contribution is 2.04. The van der Waals surface area contributed by atoms with E-state index in [1.165, 1.54) is 13.8 Å². The first-order valence-electron chi connectivity index (χ1n) is 3.26. The first-order chi connectivity index (χ1) is 5.00. The number of alkyl halides is 1. The molecule has 0 N–H and O–H groups in total. The summed E-state index contributed by atoms with van der Waals surface area (Å²) < 4.78 is 16.7. The predicted octanol–water partition coefficient (Wildman–Crippen LogP) is 0.723. The minimum atomic E-state index is -2.12. The van der Waals surface area contributed by atoms with Gasteiger partial charge >= 0.3 is 5.97 Å². The Labute approximate surface area is 64.5 Å². The van der Waals surface area contributed by atoms with Crippen molar-refractivity contribution in [1.82, 2.24) is 0 Å². The molecule has 0 bridgehead atoms. The monoisotopic (exact) mass is 162 g/mol. The van der Waals surface area contributed by atoms with Crippen LogP contribution in [0.5, 0.6) is 0 Å². The van der Waals surface area contributed by atoms with Crippen LogP contribution >= 0.6 is 0 Å². The van der Waals surface area contributed by atoms with Crippen molar-refractivity contribution in [2.45, 2.75) is 20.0 Å². The fraction of sp³-hybridized carbons (Fsp3) is 0.714. The van der Waals surface area contributed by atoms with Crippen molar-refractivity contribution >= 4 is 11.8 Å². The molecule has 3 nitrogen and oxygen atoms in total. The first-order valence-corrected chi connectivity index (χ1v) is 3.26. The molecule has 0 aliphatic carbocycles. The van der Waals surface area contributed by atoms with E-state index < -0.39 is 23.8 Å². The van der Waals surface area contributed by atoms with E-state index in [4.69, 9.17) is 0 Å². The molecule has 0 aromatic rings. The van der Waals surface area contributed by atoms with Crippen molar-refractivity contribution in [2.24, 2.45) is 5.92 Å². The molecule has 1 unspecified atom stereocenters. The van der Waals surface area contributed by atoms with Gasteiger partial charge in [-0.25, -0.2) is 9.18 Å². The molecule has 0 aromatic heterocycles. The number of ether oxygens (including phenoxy) is 1. The van der Waals surface area contributed by atoms with Crippen molar-refractivity contribution in [1.29, 1.82) is 0 Å². The van der Waals surface area contributed by atoms with Crippen LogP contribution in [-0.4, -0.2) is 25.0 Å². The normalized spacial score (nSPS) is 12.8. The summed E-state index contributed by atoms with van der Waals surface area (Å²) in [5.41, 5.74) is 0. The van der Waals surface area contributed by atoms with Gasteiger partial charge in [0.2, 0.25) is 0 Å². The lowest BCUT2D eigenvalue weighted by molar-refractivity contribution is -0.151. The van der Waals surface area contributed by atoms with Crippen LogP contribution in [0.25, 0.3) is 0 Å². The summed E-state index contributed by atoms with van der Waals surface area (Å²) in [6.07, 6.45) is -2.12. The lowest BCUT2D eigenvalue weighted by atomic mass is 10.1. The Morgan fingerprint density at radius 2 is 1.82 bits per heavy atom. The van der Waals surface area contributed by atoms with E-state index in [9.17, 15) is 14.0 Å². The van der Waals surface area contributed by atoms with Crippen LogP contribution in [0.15, 0.2) is 0 Å². The molecule has 0 aromatic carbocycles. The molecule has 1 atom stereocenters. The SMILES string of the molecule is COC(=O)C(F)C(=O)C(C)C. The van der Waals surface area contributed by atoms with Crippen LogP contribution < -0.4 is 0 Å². The summed E-state index contributed by atoms with van der Waals surface area (Å²) in [6.45, 7) is 3.05. The average molecular weight is 162 g/mol. The number of carbonyl (C=O) groups excluding carboxylic acids is 2. The van der Waals surface area contributed by atoms with Crippen molar-refractivity contribution in [2.75, 3.05) is 7.11 Å². The van der Waals surface area contributed by atoms with Crippen LogP contribution in [-0.2, 0) is 14.3 Å². The van der Waals surface area contributed by atoms with Crippen molar-refractivity contribution in [3.63, 3.8) is 0 Å². The smallest absolute Gasteiger partial charge is 0.348 e. The van der Waals surface area contributed by atoms with Gasteiger partial charge in [-0.3, -0.25) is 4.79 Å². The Bertz CT molecular complexity index is 165. The maximum atomic E-state index is 12.6. The second kappa shape index (κ2) is 4.05. The molecular formula is C7H11FO3. The molecule has 0 amide bonds. The topological polar surface area (TPSA) is 43.4 Å². The van der Waals surface area contributed by atoms with E-state index in [2.05, 4.69) is 4.74 Å². The Balaban J connectivity index is 4.13. The third kappa shape index (κ3) is 2.65. The van der Waals surface area contributed by atoms with Gasteiger partial charge in [-0.2, -0.15) is 0 Å². The van der Waals surface area contributed by atoms with Crippen molar-refractivity contribution < 1.29 is 18.7 Å². The van der Waals surface area contributed by atoms with Crippen molar-refractivity contribution in [3.05, 3.63) is 0 Å². The summed E-state index contributed by atoms with van der Waals surface area (Å²) in [5.74, 6) is -2.34. The number of carbonyl (C=O) groups is 2.